The van der Waals surface area contributed by atoms with E-state index in [1.54, 1.807) is 7.11 Å². The number of ether oxygens (including phenoxy) is 1. The van der Waals surface area contributed by atoms with Gasteiger partial charge in [-0.25, -0.2) is 4.79 Å². The molecule has 0 bridgehead atoms. The Balaban J connectivity index is 2.30. The Bertz CT molecular complexity index is 252. The highest BCUT2D eigenvalue weighted by molar-refractivity contribution is 5.74. The van der Waals surface area contributed by atoms with Gasteiger partial charge in [-0.05, 0) is 26.7 Å². The number of carbonyl (C=O) groups excluding carboxylic acids is 1. The van der Waals surface area contributed by atoms with Gasteiger partial charge < -0.3 is 25.6 Å². The molecule has 0 saturated heterocycles. The Morgan fingerprint density at radius 1 is 1.29 bits per heavy atom. The molecule has 0 radical (unpaired) electrons. The number of nitrogens with one attached hydrogen (secondary N) is 2. The largest absolute Gasteiger partial charge is 0.390 e. The summed E-state index contributed by atoms with van der Waals surface area (Å²) in [6, 6.07) is -0.575. The highest BCUT2D eigenvalue weighted by Crippen LogP contribution is 2.19. The summed E-state index contributed by atoms with van der Waals surface area (Å²) in [5.41, 5.74) is 0. The van der Waals surface area contributed by atoms with Crippen LogP contribution < -0.4 is 10.6 Å². The number of methoxy groups -OCH3 is 1. The molecule has 0 aliphatic heterocycles. The number of aliphatic hydroxyl groups is 2. The number of urea groups is 1. The van der Waals surface area contributed by atoms with E-state index in [1.165, 1.54) is 0 Å². The molecule has 5 atom stereocenters. The van der Waals surface area contributed by atoms with Crippen molar-refractivity contribution in [1.82, 2.24) is 10.6 Å². The number of carbonyl (C=O) groups is 1. The van der Waals surface area contributed by atoms with Crippen molar-refractivity contribution in [2.24, 2.45) is 0 Å². The zero-order valence-corrected chi connectivity index (χ0v) is 10.5. The van der Waals surface area contributed by atoms with Gasteiger partial charge in [0.2, 0.25) is 0 Å². The lowest BCUT2D eigenvalue weighted by Gasteiger charge is -2.21. The van der Waals surface area contributed by atoms with Crippen molar-refractivity contribution >= 4 is 6.03 Å². The van der Waals surface area contributed by atoms with Gasteiger partial charge in [0.05, 0.1) is 24.4 Å². The SMILES string of the molecule is CO[C@H](C)[C@@H](C)NC(=O)NC1C[C@@H](O)[C@@H](O)C1. The summed E-state index contributed by atoms with van der Waals surface area (Å²) in [5, 5.41) is 24.2. The van der Waals surface area contributed by atoms with E-state index in [4.69, 9.17) is 4.74 Å². The zero-order chi connectivity index (χ0) is 13.0. The lowest BCUT2D eigenvalue weighted by molar-refractivity contribution is 0.0438. The Hall–Kier alpha value is -0.850. The second-order valence-electron chi connectivity index (χ2n) is 4.65. The van der Waals surface area contributed by atoms with Crippen molar-refractivity contribution in [3.63, 3.8) is 0 Å². The van der Waals surface area contributed by atoms with E-state index in [-0.39, 0.29) is 24.2 Å². The lowest BCUT2D eigenvalue weighted by atomic mass is 10.2. The van der Waals surface area contributed by atoms with Gasteiger partial charge in [0, 0.05) is 13.2 Å². The van der Waals surface area contributed by atoms with Gasteiger partial charge in [-0.15, -0.1) is 0 Å². The van der Waals surface area contributed by atoms with Crippen LogP contribution in [0.25, 0.3) is 0 Å². The van der Waals surface area contributed by atoms with E-state index in [0.717, 1.165) is 0 Å². The molecule has 0 spiro atoms. The Morgan fingerprint density at radius 3 is 2.29 bits per heavy atom. The maximum absolute atomic E-state index is 11.6. The van der Waals surface area contributed by atoms with Crippen LogP contribution in [-0.4, -0.2) is 53.7 Å². The quantitative estimate of drug-likeness (QED) is 0.543. The fourth-order valence-electron chi connectivity index (χ4n) is 1.87. The molecule has 4 N–H and O–H groups in total. The third kappa shape index (κ3) is 4.14. The van der Waals surface area contributed by atoms with E-state index in [0.29, 0.717) is 12.8 Å². The molecule has 1 rings (SSSR count). The molecule has 0 heterocycles. The maximum atomic E-state index is 11.6. The molecule has 0 aromatic carbocycles. The molecule has 1 saturated carbocycles. The Labute approximate surface area is 101 Å². The predicted octanol–water partition coefficient (Wildman–Crippen LogP) is -0.407. The number of aliphatic hydroxyl groups excluding tert-OH is 2. The maximum Gasteiger partial charge on any atom is 0.315 e. The van der Waals surface area contributed by atoms with Crippen molar-refractivity contribution < 1.29 is 19.7 Å². The molecule has 1 aliphatic rings. The monoisotopic (exact) mass is 246 g/mol. The first-order chi connectivity index (χ1) is 7.93. The van der Waals surface area contributed by atoms with Gasteiger partial charge in [0.15, 0.2) is 0 Å². The van der Waals surface area contributed by atoms with Gasteiger partial charge in [0.1, 0.15) is 0 Å². The van der Waals surface area contributed by atoms with Crippen LogP contribution in [0, 0.1) is 0 Å². The van der Waals surface area contributed by atoms with Crippen molar-refractivity contribution in [3.05, 3.63) is 0 Å². The molecule has 1 aliphatic carbocycles. The van der Waals surface area contributed by atoms with Crippen LogP contribution in [-0.2, 0) is 4.74 Å². The fraction of sp³-hybridized carbons (Fsp3) is 0.909. The number of amides is 2. The summed E-state index contributed by atoms with van der Waals surface area (Å²) >= 11 is 0. The smallest absolute Gasteiger partial charge is 0.315 e. The molecule has 6 heteroatoms. The van der Waals surface area contributed by atoms with Gasteiger partial charge in [-0.2, -0.15) is 0 Å². The molecule has 1 unspecified atom stereocenters. The van der Waals surface area contributed by atoms with Gasteiger partial charge in [-0.3, -0.25) is 0 Å². The highest BCUT2D eigenvalue weighted by atomic mass is 16.5. The average molecular weight is 246 g/mol. The minimum atomic E-state index is -0.740. The summed E-state index contributed by atoms with van der Waals surface area (Å²) in [7, 11) is 1.59. The molecular weight excluding hydrogens is 224 g/mol. The first kappa shape index (κ1) is 14.2. The van der Waals surface area contributed by atoms with Crippen LogP contribution in [0.4, 0.5) is 4.79 Å². The topological polar surface area (TPSA) is 90.8 Å². The molecular formula is C11H22N2O4. The first-order valence-corrected chi connectivity index (χ1v) is 5.90. The summed E-state index contributed by atoms with van der Waals surface area (Å²) in [6.45, 7) is 3.72. The van der Waals surface area contributed by atoms with E-state index >= 15 is 0 Å². The van der Waals surface area contributed by atoms with E-state index in [9.17, 15) is 15.0 Å². The van der Waals surface area contributed by atoms with Crippen molar-refractivity contribution in [1.29, 1.82) is 0 Å². The van der Waals surface area contributed by atoms with Gasteiger partial charge in [0.25, 0.3) is 0 Å². The normalized spacial score (nSPS) is 31.9. The Morgan fingerprint density at radius 2 is 1.82 bits per heavy atom. The fourth-order valence-corrected chi connectivity index (χ4v) is 1.87. The Kier molecular flexibility index (Phi) is 5.17. The van der Waals surface area contributed by atoms with E-state index < -0.39 is 12.2 Å². The minimum Gasteiger partial charge on any atom is -0.390 e. The van der Waals surface area contributed by atoms with Crippen LogP contribution in [0.15, 0.2) is 0 Å². The molecule has 0 aromatic heterocycles. The van der Waals surface area contributed by atoms with Crippen LogP contribution in [0.1, 0.15) is 26.7 Å². The third-order valence-corrected chi connectivity index (χ3v) is 3.27. The van der Waals surface area contributed by atoms with Crippen molar-refractivity contribution in [2.45, 2.75) is 57.1 Å². The first-order valence-electron chi connectivity index (χ1n) is 5.90. The standard InChI is InChI=1S/C11H22N2O4/c1-6(7(2)17-3)12-11(16)13-8-4-9(14)10(15)5-8/h6-10,14-15H,4-5H2,1-3H3,(H2,12,13,16)/t6-,7-,8?,9-,10+/m1/s1. The van der Waals surface area contributed by atoms with Crippen LogP contribution in [0.3, 0.4) is 0 Å². The van der Waals surface area contributed by atoms with Crippen LogP contribution >= 0.6 is 0 Å². The molecule has 0 aromatic rings. The van der Waals surface area contributed by atoms with Crippen LogP contribution in [0.2, 0.25) is 0 Å². The van der Waals surface area contributed by atoms with E-state index in [1.807, 2.05) is 13.8 Å². The summed E-state index contributed by atoms with van der Waals surface area (Å²) in [5.74, 6) is 0. The third-order valence-electron chi connectivity index (χ3n) is 3.27. The minimum absolute atomic E-state index is 0.0690. The van der Waals surface area contributed by atoms with Gasteiger partial charge >= 0.3 is 6.03 Å². The number of hydrogen-bond donors (Lipinski definition) is 4. The van der Waals surface area contributed by atoms with Crippen molar-refractivity contribution in [2.75, 3.05) is 7.11 Å². The van der Waals surface area contributed by atoms with Gasteiger partial charge in [-0.1, -0.05) is 0 Å². The molecule has 1 fully saturated rings. The van der Waals surface area contributed by atoms with Crippen molar-refractivity contribution in [3.8, 4) is 0 Å². The molecule has 6 nitrogen and oxygen atoms in total. The average Bonchev–Trinajstić information content (AvgIpc) is 2.56. The summed E-state index contributed by atoms with van der Waals surface area (Å²) < 4.78 is 5.09. The number of rotatable bonds is 4. The lowest BCUT2D eigenvalue weighted by Crippen LogP contribution is -2.48. The van der Waals surface area contributed by atoms with Crippen LogP contribution in [0.5, 0.6) is 0 Å². The summed E-state index contributed by atoms with van der Waals surface area (Å²) in [4.78, 5) is 11.6. The molecule has 17 heavy (non-hydrogen) atoms. The predicted molar refractivity (Wildman–Crippen MR) is 62.6 cm³/mol. The number of hydrogen-bond acceptors (Lipinski definition) is 4. The van der Waals surface area contributed by atoms with E-state index in [2.05, 4.69) is 10.6 Å². The summed E-state index contributed by atoms with van der Waals surface area (Å²) in [6.07, 6.45) is -0.766. The molecule has 2 amide bonds. The second-order valence-corrected chi connectivity index (χ2v) is 4.65. The molecule has 100 valence electrons. The zero-order valence-electron chi connectivity index (χ0n) is 10.5. The highest BCUT2D eigenvalue weighted by Gasteiger charge is 2.32. The second kappa shape index (κ2) is 6.18.